The number of carbonyl (C=O) groups excluding carboxylic acids is 1. The van der Waals surface area contributed by atoms with Crippen LogP contribution in [0.15, 0.2) is 48.8 Å². The second-order valence-corrected chi connectivity index (χ2v) is 7.30. The van der Waals surface area contributed by atoms with E-state index in [1.807, 2.05) is 24.4 Å². The van der Waals surface area contributed by atoms with E-state index in [1.54, 1.807) is 37.3 Å². The third kappa shape index (κ3) is 4.02. The fourth-order valence-corrected chi connectivity index (χ4v) is 3.76. The summed E-state index contributed by atoms with van der Waals surface area (Å²) in [5, 5.41) is 7.34. The standard InChI is InChI=1S/C20H24N4OS/c1-24(2)18(25)15-7-9-17(10-8-15)22-19(26)23-20(11-3-4-12-20)16-6-5-13-21-14-16/h5-10,13-14H,3-4,11-12H2,1-2H3,(H2,22,23,26). The van der Waals surface area contributed by atoms with E-state index in [0.29, 0.717) is 10.7 Å². The smallest absolute Gasteiger partial charge is 0.253 e. The van der Waals surface area contributed by atoms with Gasteiger partial charge < -0.3 is 15.5 Å². The van der Waals surface area contributed by atoms with E-state index < -0.39 is 0 Å². The zero-order chi connectivity index (χ0) is 18.6. The quantitative estimate of drug-likeness (QED) is 0.809. The van der Waals surface area contributed by atoms with Crippen molar-refractivity contribution in [3.05, 3.63) is 59.9 Å². The molecule has 1 amide bonds. The molecular formula is C20H24N4OS. The van der Waals surface area contributed by atoms with Gasteiger partial charge in [0.15, 0.2) is 5.11 Å². The summed E-state index contributed by atoms with van der Waals surface area (Å²) in [6.45, 7) is 0. The second-order valence-electron chi connectivity index (χ2n) is 6.89. The molecule has 1 saturated carbocycles. The minimum absolute atomic E-state index is 0.0151. The van der Waals surface area contributed by atoms with Crippen LogP contribution in [-0.2, 0) is 5.54 Å². The van der Waals surface area contributed by atoms with E-state index in [2.05, 4.69) is 21.7 Å². The van der Waals surface area contributed by atoms with Crippen LogP contribution in [-0.4, -0.2) is 35.0 Å². The molecule has 1 aliphatic rings. The lowest BCUT2D eigenvalue weighted by Crippen LogP contribution is -2.45. The Morgan fingerprint density at radius 1 is 1.15 bits per heavy atom. The average molecular weight is 369 g/mol. The zero-order valence-corrected chi connectivity index (χ0v) is 16.0. The van der Waals surface area contributed by atoms with Crippen molar-refractivity contribution in [2.45, 2.75) is 31.2 Å². The van der Waals surface area contributed by atoms with Crippen LogP contribution >= 0.6 is 12.2 Å². The molecule has 5 nitrogen and oxygen atoms in total. The number of hydrogen-bond donors (Lipinski definition) is 2. The van der Waals surface area contributed by atoms with E-state index >= 15 is 0 Å². The van der Waals surface area contributed by atoms with Gasteiger partial charge in [0, 0.05) is 37.7 Å². The molecular weight excluding hydrogens is 344 g/mol. The number of nitrogens with zero attached hydrogens (tertiary/aromatic N) is 2. The number of rotatable bonds is 4. The molecule has 26 heavy (non-hydrogen) atoms. The summed E-state index contributed by atoms with van der Waals surface area (Å²) in [7, 11) is 3.49. The van der Waals surface area contributed by atoms with Crippen LogP contribution in [0, 0.1) is 0 Å². The van der Waals surface area contributed by atoms with Crippen molar-refractivity contribution < 1.29 is 4.79 Å². The molecule has 6 heteroatoms. The van der Waals surface area contributed by atoms with E-state index in [4.69, 9.17) is 12.2 Å². The average Bonchev–Trinajstić information content (AvgIpc) is 3.12. The molecule has 136 valence electrons. The Hall–Kier alpha value is -2.47. The molecule has 1 fully saturated rings. The first kappa shape index (κ1) is 18.3. The summed E-state index contributed by atoms with van der Waals surface area (Å²) in [4.78, 5) is 17.8. The molecule has 1 heterocycles. The summed E-state index contributed by atoms with van der Waals surface area (Å²) in [6, 6.07) is 11.4. The van der Waals surface area contributed by atoms with Gasteiger partial charge in [0.05, 0.1) is 5.54 Å². The summed E-state index contributed by atoms with van der Waals surface area (Å²) in [6.07, 6.45) is 8.13. The van der Waals surface area contributed by atoms with Gasteiger partial charge in [-0.05, 0) is 61.0 Å². The lowest BCUT2D eigenvalue weighted by Gasteiger charge is -2.32. The normalized spacial score (nSPS) is 15.3. The van der Waals surface area contributed by atoms with Gasteiger partial charge in [-0.25, -0.2) is 0 Å². The predicted molar refractivity (Wildman–Crippen MR) is 108 cm³/mol. The van der Waals surface area contributed by atoms with Crippen molar-refractivity contribution >= 4 is 28.9 Å². The summed E-state index contributed by atoms with van der Waals surface area (Å²) in [5.41, 5.74) is 2.53. The van der Waals surface area contributed by atoms with Gasteiger partial charge in [-0.1, -0.05) is 18.9 Å². The zero-order valence-electron chi connectivity index (χ0n) is 15.2. The fraction of sp³-hybridized carbons (Fsp3) is 0.350. The molecule has 1 aromatic heterocycles. The van der Waals surface area contributed by atoms with E-state index in [-0.39, 0.29) is 11.4 Å². The van der Waals surface area contributed by atoms with Gasteiger partial charge in [0.2, 0.25) is 0 Å². The van der Waals surface area contributed by atoms with Crippen LogP contribution in [0.25, 0.3) is 0 Å². The largest absolute Gasteiger partial charge is 0.353 e. The van der Waals surface area contributed by atoms with E-state index in [1.165, 1.54) is 18.4 Å². The van der Waals surface area contributed by atoms with Gasteiger partial charge in [-0.2, -0.15) is 0 Å². The molecule has 0 aliphatic heterocycles. The molecule has 0 unspecified atom stereocenters. The summed E-state index contributed by atoms with van der Waals surface area (Å²) in [5.74, 6) is -0.0151. The topological polar surface area (TPSA) is 57.3 Å². The molecule has 0 bridgehead atoms. The van der Waals surface area contributed by atoms with Gasteiger partial charge >= 0.3 is 0 Å². The van der Waals surface area contributed by atoms with Crippen molar-refractivity contribution in [1.82, 2.24) is 15.2 Å². The van der Waals surface area contributed by atoms with E-state index in [9.17, 15) is 4.79 Å². The van der Waals surface area contributed by atoms with Gasteiger partial charge in [0.25, 0.3) is 5.91 Å². The highest BCUT2D eigenvalue weighted by molar-refractivity contribution is 7.80. The molecule has 0 saturated heterocycles. The minimum Gasteiger partial charge on any atom is -0.353 e. The third-order valence-corrected chi connectivity index (χ3v) is 5.02. The number of thiocarbonyl (C=S) groups is 1. The number of aromatic nitrogens is 1. The fourth-order valence-electron chi connectivity index (χ4n) is 3.44. The maximum absolute atomic E-state index is 12.0. The SMILES string of the molecule is CN(C)C(=O)c1ccc(NC(=S)NC2(c3cccnc3)CCCC2)cc1. The highest BCUT2D eigenvalue weighted by Gasteiger charge is 2.36. The van der Waals surface area contributed by atoms with Crippen molar-refractivity contribution in [3.8, 4) is 0 Å². The number of nitrogens with one attached hydrogen (secondary N) is 2. The van der Waals surface area contributed by atoms with Gasteiger partial charge in [-0.3, -0.25) is 9.78 Å². The van der Waals surface area contributed by atoms with Crippen molar-refractivity contribution in [3.63, 3.8) is 0 Å². The van der Waals surface area contributed by atoms with Crippen LogP contribution < -0.4 is 10.6 Å². The van der Waals surface area contributed by atoms with E-state index in [0.717, 1.165) is 18.5 Å². The van der Waals surface area contributed by atoms with Gasteiger partial charge in [0.1, 0.15) is 0 Å². The Morgan fingerprint density at radius 3 is 2.42 bits per heavy atom. The molecule has 2 N–H and O–H groups in total. The number of anilines is 1. The monoisotopic (exact) mass is 368 g/mol. The third-order valence-electron chi connectivity index (χ3n) is 4.82. The number of pyridine rings is 1. The van der Waals surface area contributed by atoms with Crippen LogP contribution in [0.3, 0.4) is 0 Å². The maximum Gasteiger partial charge on any atom is 0.253 e. The van der Waals surface area contributed by atoms with Crippen molar-refractivity contribution in [1.29, 1.82) is 0 Å². The number of carbonyl (C=O) groups is 1. The first-order chi connectivity index (χ1) is 12.5. The second kappa shape index (κ2) is 7.83. The Kier molecular flexibility index (Phi) is 5.52. The Labute approximate surface area is 159 Å². The molecule has 0 atom stereocenters. The van der Waals surface area contributed by atoms with Crippen LogP contribution in [0.1, 0.15) is 41.6 Å². The highest BCUT2D eigenvalue weighted by atomic mass is 32.1. The van der Waals surface area contributed by atoms with Crippen molar-refractivity contribution in [2.75, 3.05) is 19.4 Å². The van der Waals surface area contributed by atoms with Gasteiger partial charge in [-0.15, -0.1) is 0 Å². The first-order valence-electron chi connectivity index (χ1n) is 8.82. The van der Waals surface area contributed by atoms with Crippen LogP contribution in [0.2, 0.25) is 0 Å². The molecule has 0 radical (unpaired) electrons. The Bertz CT molecular complexity index is 768. The van der Waals surface area contributed by atoms with Crippen LogP contribution in [0.5, 0.6) is 0 Å². The first-order valence-corrected chi connectivity index (χ1v) is 9.22. The molecule has 0 spiro atoms. The van der Waals surface area contributed by atoms with Crippen molar-refractivity contribution in [2.24, 2.45) is 0 Å². The maximum atomic E-state index is 12.0. The minimum atomic E-state index is -0.154. The molecule has 3 rings (SSSR count). The number of benzene rings is 1. The lowest BCUT2D eigenvalue weighted by atomic mass is 9.89. The summed E-state index contributed by atoms with van der Waals surface area (Å²) < 4.78 is 0. The highest BCUT2D eigenvalue weighted by Crippen LogP contribution is 2.38. The summed E-state index contributed by atoms with van der Waals surface area (Å²) >= 11 is 5.55. The van der Waals surface area contributed by atoms with Crippen LogP contribution in [0.4, 0.5) is 5.69 Å². The molecule has 1 aliphatic carbocycles. The predicted octanol–water partition coefficient (Wildman–Crippen LogP) is 3.54. The number of amides is 1. The number of hydrogen-bond acceptors (Lipinski definition) is 3. The Balaban J connectivity index is 1.69. The lowest BCUT2D eigenvalue weighted by molar-refractivity contribution is 0.0827. The molecule has 2 aromatic rings. The molecule has 1 aromatic carbocycles. The Morgan fingerprint density at radius 2 is 1.85 bits per heavy atom.